The summed E-state index contributed by atoms with van der Waals surface area (Å²) in [6, 6.07) is 0. The van der Waals surface area contributed by atoms with Gasteiger partial charge in [0.25, 0.3) is 0 Å². The number of aliphatic hydroxyl groups is 2. The van der Waals surface area contributed by atoms with Crippen molar-refractivity contribution < 1.29 is 15.0 Å². The number of carbonyl (C=O) groups is 1. The molecule has 4 aliphatic rings. The molecule has 0 aliphatic heterocycles. The third-order valence-electron chi connectivity index (χ3n) is 8.40. The molecule has 2 N–H and O–H groups in total. The van der Waals surface area contributed by atoms with E-state index in [-0.39, 0.29) is 16.9 Å². The van der Waals surface area contributed by atoms with Crippen LogP contribution in [0.2, 0.25) is 0 Å². The quantitative estimate of drug-likeness (QED) is 0.663. The molecular weight excluding hydrogens is 288 g/mol. The molecule has 23 heavy (non-hydrogen) atoms. The van der Waals surface area contributed by atoms with Crippen molar-refractivity contribution in [1.82, 2.24) is 0 Å². The van der Waals surface area contributed by atoms with Crippen LogP contribution in [0.25, 0.3) is 0 Å². The van der Waals surface area contributed by atoms with E-state index in [9.17, 15) is 15.0 Å². The van der Waals surface area contributed by atoms with Gasteiger partial charge in [0.15, 0.2) is 0 Å². The van der Waals surface area contributed by atoms with Gasteiger partial charge < -0.3 is 10.2 Å². The van der Waals surface area contributed by atoms with Crippen molar-refractivity contribution in [2.45, 2.75) is 71.3 Å². The second kappa shape index (κ2) is 5.08. The summed E-state index contributed by atoms with van der Waals surface area (Å²) in [5, 5.41) is 20.0. The fourth-order valence-corrected chi connectivity index (χ4v) is 7.05. The number of carbonyl (C=O) groups excluding carboxylic acids is 1. The molecule has 7 atom stereocenters. The van der Waals surface area contributed by atoms with Crippen molar-refractivity contribution in [3.8, 4) is 0 Å². The molecule has 0 aromatic carbocycles. The normalized spacial score (nSPS) is 54.5. The lowest BCUT2D eigenvalue weighted by Crippen LogP contribution is -2.54. The minimum absolute atomic E-state index is 0.112. The van der Waals surface area contributed by atoms with Crippen LogP contribution in [0.1, 0.15) is 65.2 Å². The number of fused-ring (bicyclic) bond motifs is 5. The Morgan fingerprint density at radius 2 is 1.91 bits per heavy atom. The van der Waals surface area contributed by atoms with E-state index < -0.39 is 0 Å². The number of Topliss-reactive ketones (excluding diaryl/α,β-unsaturated/α-hetero) is 1. The molecule has 4 fully saturated rings. The van der Waals surface area contributed by atoms with Crippen LogP contribution in [-0.4, -0.2) is 22.1 Å². The molecule has 0 radical (unpaired) electrons. The molecule has 0 spiro atoms. The van der Waals surface area contributed by atoms with Gasteiger partial charge in [-0.25, -0.2) is 0 Å². The summed E-state index contributed by atoms with van der Waals surface area (Å²) >= 11 is 0. The number of hydrogen-bond donors (Lipinski definition) is 2. The number of aliphatic hydroxyl groups excluding tert-OH is 2. The van der Waals surface area contributed by atoms with Crippen molar-refractivity contribution >= 4 is 5.78 Å². The predicted molar refractivity (Wildman–Crippen MR) is 88.8 cm³/mol. The second-order valence-corrected chi connectivity index (χ2v) is 9.19. The van der Waals surface area contributed by atoms with Crippen LogP contribution in [0, 0.1) is 34.5 Å². The molecule has 0 amide bonds. The van der Waals surface area contributed by atoms with E-state index >= 15 is 0 Å². The maximum Gasteiger partial charge on any atom is 0.139 e. The lowest BCUT2D eigenvalue weighted by atomic mass is 9.44. The van der Waals surface area contributed by atoms with E-state index in [1.807, 2.05) is 0 Å². The van der Waals surface area contributed by atoms with Crippen molar-refractivity contribution in [3.05, 3.63) is 11.8 Å². The first-order chi connectivity index (χ1) is 10.9. The smallest absolute Gasteiger partial charge is 0.139 e. The van der Waals surface area contributed by atoms with Gasteiger partial charge in [-0.15, -0.1) is 0 Å². The largest absolute Gasteiger partial charge is 0.516 e. The van der Waals surface area contributed by atoms with Gasteiger partial charge in [0, 0.05) is 11.8 Å². The SMILES string of the molecule is C[C@]12CC[C@H](O)C[C@@H]1C(=CO)C[C@@H]1[C@@H]2CC[C@]2(C)C(=O)CC[C@@H]12. The van der Waals surface area contributed by atoms with Gasteiger partial charge in [0.1, 0.15) is 5.78 Å². The zero-order valence-electron chi connectivity index (χ0n) is 14.4. The molecule has 0 aromatic heterocycles. The molecule has 4 saturated carbocycles. The Labute approximate surface area is 139 Å². The Kier molecular flexibility index (Phi) is 3.46. The summed E-state index contributed by atoms with van der Waals surface area (Å²) in [5.74, 6) is 2.47. The first kappa shape index (κ1) is 15.7. The maximum absolute atomic E-state index is 12.5. The van der Waals surface area contributed by atoms with Crippen LogP contribution in [-0.2, 0) is 4.79 Å². The lowest BCUT2D eigenvalue weighted by molar-refractivity contribution is -0.137. The summed E-state index contributed by atoms with van der Waals surface area (Å²) in [5.41, 5.74) is 1.21. The minimum Gasteiger partial charge on any atom is -0.516 e. The van der Waals surface area contributed by atoms with Crippen LogP contribution in [0.3, 0.4) is 0 Å². The highest BCUT2D eigenvalue weighted by atomic mass is 16.3. The van der Waals surface area contributed by atoms with Crippen LogP contribution >= 0.6 is 0 Å². The van der Waals surface area contributed by atoms with Gasteiger partial charge in [-0.05, 0) is 79.6 Å². The number of allylic oxidation sites excluding steroid dienone is 1. The van der Waals surface area contributed by atoms with Gasteiger partial charge in [0.05, 0.1) is 12.4 Å². The number of rotatable bonds is 0. The first-order valence-electron chi connectivity index (χ1n) is 9.44. The van der Waals surface area contributed by atoms with Crippen LogP contribution in [0.15, 0.2) is 11.8 Å². The standard InChI is InChI=1S/C20H30O3/c1-19-7-5-13(22)10-17(19)12(11-21)9-14-15-3-4-18(23)20(15,2)8-6-16(14)19/h11,13-17,21-22H,3-10H2,1-2H3/t13-,14-,15-,16-,17+,19+,20-/m0/s1. The highest BCUT2D eigenvalue weighted by molar-refractivity contribution is 5.87. The summed E-state index contributed by atoms with van der Waals surface area (Å²) in [4.78, 5) is 12.5. The van der Waals surface area contributed by atoms with E-state index in [0.29, 0.717) is 29.5 Å². The van der Waals surface area contributed by atoms with Gasteiger partial charge in [-0.2, -0.15) is 0 Å². The minimum atomic E-state index is -0.221. The summed E-state index contributed by atoms with van der Waals surface area (Å²) < 4.78 is 0. The fourth-order valence-electron chi connectivity index (χ4n) is 7.05. The first-order valence-corrected chi connectivity index (χ1v) is 9.44. The highest BCUT2D eigenvalue weighted by Crippen LogP contribution is 2.66. The average Bonchev–Trinajstić information content (AvgIpc) is 2.83. The average molecular weight is 318 g/mol. The highest BCUT2D eigenvalue weighted by Gasteiger charge is 2.61. The van der Waals surface area contributed by atoms with Crippen molar-refractivity contribution in [1.29, 1.82) is 0 Å². The van der Waals surface area contributed by atoms with Crippen molar-refractivity contribution in [2.24, 2.45) is 34.5 Å². The molecule has 0 aromatic rings. The van der Waals surface area contributed by atoms with Crippen molar-refractivity contribution in [2.75, 3.05) is 0 Å². The fraction of sp³-hybridized carbons (Fsp3) is 0.850. The van der Waals surface area contributed by atoms with Gasteiger partial charge in [-0.1, -0.05) is 13.8 Å². The number of ketones is 1. The molecule has 3 nitrogen and oxygen atoms in total. The summed E-state index contributed by atoms with van der Waals surface area (Å²) in [6.07, 6.45) is 8.76. The summed E-state index contributed by atoms with van der Waals surface area (Å²) in [6.45, 7) is 4.59. The van der Waals surface area contributed by atoms with Gasteiger partial charge in [-0.3, -0.25) is 4.79 Å². The molecule has 4 aliphatic carbocycles. The predicted octanol–water partition coefficient (Wildman–Crippen LogP) is 4.01. The lowest BCUT2D eigenvalue weighted by Gasteiger charge is -2.60. The molecule has 0 saturated heterocycles. The maximum atomic E-state index is 12.5. The second-order valence-electron chi connectivity index (χ2n) is 9.19. The van der Waals surface area contributed by atoms with E-state index in [1.54, 1.807) is 0 Å². The summed E-state index contributed by atoms with van der Waals surface area (Å²) in [7, 11) is 0. The Morgan fingerprint density at radius 3 is 2.65 bits per heavy atom. The zero-order chi connectivity index (χ0) is 16.4. The molecule has 3 heteroatoms. The third kappa shape index (κ3) is 2.01. The van der Waals surface area contributed by atoms with Gasteiger partial charge >= 0.3 is 0 Å². The van der Waals surface area contributed by atoms with Crippen LogP contribution in [0.4, 0.5) is 0 Å². The molecule has 4 rings (SSSR count). The Balaban J connectivity index is 1.72. The van der Waals surface area contributed by atoms with Crippen LogP contribution < -0.4 is 0 Å². The zero-order valence-corrected chi connectivity index (χ0v) is 14.4. The Hall–Kier alpha value is -0.830. The Morgan fingerprint density at radius 1 is 1.13 bits per heavy atom. The van der Waals surface area contributed by atoms with Crippen LogP contribution in [0.5, 0.6) is 0 Å². The van der Waals surface area contributed by atoms with E-state index in [2.05, 4.69) is 13.8 Å². The molecule has 0 heterocycles. The van der Waals surface area contributed by atoms with E-state index in [4.69, 9.17) is 0 Å². The molecule has 128 valence electrons. The topological polar surface area (TPSA) is 57.5 Å². The Bertz CT molecular complexity index is 553. The van der Waals surface area contributed by atoms with E-state index in [0.717, 1.165) is 56.9 Å². The van der Waals surface area contributed by atoms with Crippen molar-refractivity contribution in [3.63, 3.8) is 0 Å². The molecular formula is C20H30O3. The number of hydrogen-bond acceptors (Lipinski definition) is 3. The van der Waals surface area contributed by atoms with E-state index in [1.165, 1.54) is 6.26 Å². The molecule has 0 bridgehead atoms. The van der Waals surface area contributed by atoms with Gasteiger partial charge in [0.2, 0.25) is 0 Å². The molecule has 0 unspecified atom stereocenters. The monoisotopic (exact) mass is 318 g/mol. The third-order valence-corrected chi connectivity index (χ3v) is 8.40.